The smallest absolute Gasteiger partial charge is 0.404 e. The third-order valence-corrected chi connectivity index (χ3v) is 2.24. The number of nitrogens with two attached hydrogens (primary N) is 1. The van der Waals surface area contributed by atoms with E-state index in [2.05, 4.69) is 11.7 Å². The van der Waals surface area contributed by atoms with E-state index in [1.165, 1.54) is 38.5 Å². The predicted octanol–water partition coefficient (Wildman–Crippen LogP) is 3.38. The molecule has 0 saturated carbocycles. The molecule has 1 amide bonds. The Balaban J connectivity index is 0. The van der Waals surface area contributed by atoms with Crippen molar-refractivity contribution in [1.82, 2.24) is 6.15 Å². The fraction of sp³-hybridized carbons (Fsp3) is 0.909. The second kappa shape index (κ2) is 13.2. The second-order valence-corrected chi connectivity index (χ2v) is 3.64. The van der Waals surface area contributed by atoms with Gasteiger partial charge < -0.3 is 16.6 Å². The number of carbonyl (C=O) groups excluding carboxylic acids is 1. The van der Waals surface area contributed by atoms with Crippen LogP contribution >= 0.6 is 0 Å². The predicted molar refractivity (Wildman–Crippen MR) is 63.2 cm³/mol. The number of ether oxygens (including phenoxy) is 1. The largest absolute Gasteiger partial charge is 0.450 e. The summed E-state index contributed by atoms with van der Waals surface area (Å²) in [6.07, 6.45) is 9.31. The van der Waals surface area contributed by atoms with Crippen LogP contribution in [0.5, 0.6) is 0 Å². The highest BCUT2D eigenvalue weighted by atomic mass is 16.5. The van der Waals surface area contributed by atoms with Gasteiger partial charge in [0.1, 0.15) is 0 Å². The molecule has 0 spiro atoms. The first-order valence-corrected chi connectivity index (χ1v) is 5.69. The Morgan fingerprint density at radius 2 is 1.47 bits per heavy atom. The van der Waals surface area contributed by atoms with Crippen LogP contribution in [0.25, 0.3) is 0 Å². The minimum atomic E-state index is -0.659. The minimum Gasteiger partial charge on any atom is -0.450 e. The Kier molecular flexibility index (Phi) is 14.7. The number of carbonyl (C=O) groups is 1. The lowest BCUT2D eigenvalue weighted by molar-refractivity contribution is 0.154. The maximum Gasteiger partial charge on any atom is 0.404 e. The zero-order chi connectivity index (χ0) is 10.6. The first-order valence-electron chi connectivity index (χ1n) is 5.69. The molecule has 0 unspecified atom stereocenters. The van der Waals surface area contributed by atoms with Gasteiger partial charge in [-0.2, -0.15) is 0 Å². The van der Waals surface area contributed by atoms with Crippen LogP contribution in [0.3, 0.4) is 0 Å². The highest BCUT2D eigenvalue weighted by Crippen LogP contribution is 2.08. The third kappa shape index (κ3) is 15.9. The summed E-state index contributed by atoms with van der Waals surface area (Å²) in [6.45, 7) is 2.70. The number of unbranched alkanes of at least 4 members (excludes halogenated alkanes) is 7. The van der Waals surface area contributed by atoms with E-state index in [9.17, 15) is 4.79 Å². The zero-order valence-corrected chi connectivity index (χ0v) is 9.96. The Hall–Kier alpha value is -0.770. The van der Waals surface area contributed by atoms with Crippen LogP contribution in [0, 0.1) is 0 Å². The molecule has 4 nitrogen and oxygen atoms in total. The number of hydrogen-bond acceptors (Lipinski definition) is 3. The monoisotopic (exact) mass is 218 g/mol. The summed E-state index contributed by atoms with van der Waals surface area (Å²) in [7, 11) is 0. The lowest BCUT2D eigenvalue weighted by atomic mass is 10.1. The van der Waals surface area contributed by atoms with Gasteiger partial charge in [-0.05, 0) is 6.42 Å². The Bertz CT molecular complexity index is 141. The van der Waals surface area contributed by atoms with Crippen molar-refractivity contribution in [2.75, 3.05) is 6.61 Å². The molecular weight excluding hydrogens is 192 g/mol. The Morgan fingerprint density at radius 1 is 1.00 bits per heavy atom. The van der Waals surface area contributed by atoms with Crippen LogP contribution in [-0.4, -0.2) is 12.7 Å². The highest BCUT2D eigenvalue weighted by molar-refractivity contribution is 5.64. The van der Waals surface area contributed by atoms with Gasteiger partial charge in [0.25, 0.3) is 0 Å². The van der Waals surface area contributed by atoms with E-state index < -0.39 is 6.09 Å². The zero-order valence-electron chi connectivity index (χ0n) is 9.96. The molecule has 0 aliphatic carbocycles. The van der Waals surface area contributed by atoms with Crippen molar-refractivity contribution in [1.29, 1.82) is 0 Å². The molecule has 15 heavy (non-hydrogen) atoms. The van der Waals surface area contributed by atoms with Crippen molar-refractivity contribution < 1.29 is 9.53 Å². The van der Waals surface area contributed by atoms with Crippen molar-refractivity contribution in [3.05, 3.63) is 0 Å². The van der Waals surface area contributed by atoms with Crippen LogP contribution in [0.4, 0.5) is 4.79 Å². The maximum atomic E-state index is 10.2. The summed E-state index contributed by atoms with van der Waals surface area (Å²) in [5.41, 5.74) is 4.83. The average Bonchev–Trinajstić information content (AvgIpc) is 2.15. The molecule has 0 radical (unpaired) electrons. The Morgan fingerprint density at radius 3 is 1.93 bits per heavy atom. The van der Waals surface area contributed by atoms with E-state index in [0.717, 1.165) is 12.8 Å². The van der Waals surface area contributed by atoms with Crippen molar-refractivity contribution >= 4 is 6.09 Å². The molecule has 0 aliphatic heterocycles. The standard InChI is InChI=1S/C11H23NO2.H3N/c1-2-3-4-5-6-7-8-9-10-14-11(12)13;/h2-10H2,1H3,(H2,12,13);1H3. The minimum absolute atomic E-state index is 0. The fourth-order valence-corrected chi connectivity index (χ4v) is 1.41. The first-order chi connectivity index (χ1) is 6.77. The lowest BCUT2D eigenvalue weighted by Gasteiger charge is -2.01. The van der Waals surface area contributed by atoms with E-state index in [-0.39, 0.29) is 6.15 Å². The molecular formula is C11H26N2O2. The molecule has 0 aromatic carbocycles. The molecule has 0 fully saturated rings. The van der Waals surface area contributed by atoms with E-state index in [1.54, 1.807) is 0 Å². The van der Waals surface area contributed by atoms with Gasteiger partial charge in [0.05, 0.1) is 6.61 Å². The van der Waals surface area contributed by atoms with E-state index in [4.69, 9.17) is 5.73 Å². The van der Waals surface area contributed by atoms with Crippen LogP contribution in [0.15, 0.2) is 0 Å². The molecule has 0 heterocycles. The average molecular weight is 218 g/mol. The van der Waals surface area contributed by atoms with Gasteiger partial charge in [0, 0.05) is 0 Å². The normalized spacial score (nSPS) is 9.40. The van der Waals surface area contributed by atoms with Gasteiger partial charge in [0.15, 0.2) is 0 Å². The molecule has 5 N–H and O–H groups in total. The molecule has 0 aromatic rings. The van der Waals surface area contributed by atoms with Gasteiger partial charge in [-0.3, -0.25) is 0 Å². The lowest BCUT2D eigenvalue weighted by Crippen LogP contribution is -2.13. The van der Waals surface area contributed by atoms with Crippen LogP contribution in [-0.2, 0) is 4.74 Å². The van der Waals surface area contributed by atoms with Gasteiger partial charge in [-0.25, -0.2) is 4.79 Å². The number of amides is 1. The molecule has 92 valence electrons. The summed E-state index contributed by atoms with van der Waals surface area (Å²) in [6, 6.07) is 0. The molecule has 0 aliphatic rings. The topological polar surface area (TPSA) is 87.3 Å². The quantitative estimate of drug-likeness (QED) is 0.581. The summed E-state index contributed by atoms with van der Waals surface area (Å²) in [4.78, 5) is 10.2. The summed E-state index contributed by atoms with van der Waals surface area (Å²) < 4.78 is 4.63. The molecule has 0 bridgehead atoms. The first kappa shape index (κ1) is 16.7. The summed E-state index contributed by atoms with van der Waals surface area (Å²) >= 11 is 0. The number of primary amides is 1. The van der Waals surface area contributed by atoms with Crippen molar-refractivity contribution in [2.24, 2.45) is 5.73 Å². The summed E-state index contributed by atoms with van der Waals surface area (Å²) in [5, 5.41) is 0. The van der Waals surface area contributed by atoms with Crippen molar-refractivity contribution in [3.63, 3.8) is 0 Å². The van der Waals surface area contributed by atoms with Gasteiger partial charge in [0.2, 0.25) is 0 Å². The van der Waals surface area contributed by atoms with Gasteiger partial charge >= 0.3 is 6.09 Å². The van der Waals surface area contributed by atoms with E-state index >= 15 is 0 Å². The van der Waals surface area contributed by atoms with Crippen LogP contribution < -0.4 is 11.9 Å². The number of rotatable bonds is 9. The maximum absolute atomic E-state index is 10.2. The van der Waals surface area contributed by atoms with E-state index in [0.29, 0.717) is 6.61 Å². The van der Waals surface area contributed by atoms with Crippen LogP contribution in [0.2, 0.25) is 0 Å². The Labute approximate surface area is 93.1 Å². The molecule has 0 rings (SSSR count). The second-order valence-electron chi connectivity index (χ2n) is 3.64. The molecule has 4 heteroatoms. The van der Waals surface area contributed by atoms with Crippen LogP contribution in [0.1, 0.15) is 58.3 Å². The number of hydrogen-bond donors (Lipinski definition) is 2. The SMILES string of the molecule is CCCCCCCCCCOC(N)=O.N. The fourth-order valence-electron chi connectivity index (χ4n) is 1.41. The molecule has 0 aromatic heterocycles. The van der Waals surface area contributed by atoms with Crippen molar-refractivity contribution in [2.45, 2.75) is 58.3 Å². The van der Waals surface area contributed by atoms with Gasteiger partial charge in [-0.1, -0.05) is 51.9 Å². The third-order valence-electron chi connectivity index (χ3n) is 2.24. The molecule has 0 atom stereocenters. The van der Waals surface area contributed by atoms with E-state index in [1.807, 2.05) is 0 Å². The highest BCUT2D eigenvalue weighted by Gasteiger charge is 1.94. The van der Waals surface area contributed by atoms with Gasteiger partial charge in [-0.15, -0.1) is 0 Å². The summed E-state index contributed by atoms with van der Waals surface area (Å²) in [5.74, 6) is 0. The van der Waals surface area contributed by atoms with Crippen molar-refractivity contribution in [3.8, 4) is 0 Å². The molecule has 0 saturated heterocycles.